The first kappa shape index (κ1) is 11.8. The van der Waals surface area contributed by atoms with Crippen molar-refractivity contribution in [3.8, 4) is 11.5 Å². The maximum atomic E-state index is 9.63. The van der Waals surface area contributed by atoms with Gasteiger partial charge in [-0.2, -0.15) is 0 Å². The molecule has 0 fully saturated rings. The summed E-state index contributed by atoms with van der Waals surface area (Å²) in [5.41, 5.74) is 6.56. The molecular formula is C11H17NO3. The van der Waals surface area contributed by atoms with E-state index in [9.17, 15) is 10.2 Å². The number of methoxy groups -OCH3 is 1. The SMILES string of the molecule is CC[C@@H](O)[C@@H](N)c1ccc(O)cc1OC. The predicted octanol–water partition coefficient (Wildman–Crippen LogP) is 1.17. The molecule has 0 aliphatic rings. The number of aliphatic hydroxyl groups is 1. The van der Waals surface area contributed by atoms with E-state index in [2.05, 4.69) is 0 Å². The molecule has 0 aromatic heterocycles. The summed E-state index contributed by atoms with van der Waals surface area (Å²) in [7, 11) is 1.50. The first-order chi connectivity index (χ1) is 7.10. The second kappa shape index (κ2) is 5.00. The summed E-state index contributed by atoms with van der Waals surface area (Å²) >= 11 is 0. The van der Waals surface area contributed by atoms with Crippen LogP contribution in [-0.4, -0.2) is 23.4 Å². The van der Waals surface area contributed by atoms with Gasteiger partial charge in [-0.25, -0.2) is 0 Å². The quantitative estimate of drug-likeness (QED) is 0.698. The molecular weight excluding hydrogens is 194 g/mol. The van der Waals surface area contributed by atoms with Gasteiger partial charge in [-0.3, -0.25) is 0 Å². The molecule has 0 heterocycles. The monoisotopic (exact) mass is 211 g/mol. The molecule has 1 aromatic carbocycles. The number of aromatic hydroxyl groups is 1. The summed E-state index contributed by atoms with van der Waals surface area (Å²) in [5.74, 6) is 0.615. The van der Waals surface area contributed by atoms with Crippen LogP contribution >= 0.6 is 0 Å². The van der Waals surface area contributed by atoms with Crippen molar-refractivity contribution in [2.45, 2.75) is 25.5 Å². The molecule has 4 N–H and O–H groups in total. The second-order valence-electron chi connectivity index (χ2n) is 3.43. The minimum Gasteiger partial charge on any atom is -0.508 e. The molecule has 2 atom stereocenters. The van der Waals surface area contributed by atoms with Crippen LogP contribution in [0.15, 0.2) is 18.2 Å². The lowest BCUT2D eigenvalue weighted by Gasteiger charge is -2.20. The molecule has 84 valence electrons. The van der Waals surface area contributed by atoms with Crippen LogP contribution in [0.3, 0.4) is 0 Å². The third-order valence-corrected chi connectivity index (χ3v) is 2.41. The maximum Gasteiger partial charge on any atom is 0.127 e. The normalized spacial score (nSPS) is 14.7. The van der Waals surface area contributed by atoms with Gasteiger partial charge in [0.15, 0.2) is 0 Å². The van der Waals surface area contributed by atoms with Gasteiger partial charge in [0.2, 0.25) is 0 Å². The van der Waals surface area contributed by atoms with Gasteiger partial charge in [-0.1, -0.05) is 6.92 Å². The summed E-state index contributed by atoms with van der Waals surface area (Å²) in [6.45, 7) is 1.86. The molecule has 4 nitrogen and oxygen atoms in total. The number of phenolic OH excluding ortho intramolecular Hbond substituents is 1. The Kier molecular flexibility index (Phi) is 3.94. The highest BCUT2D eigenvalue weighted by molar-refractivity contribution is 5.42. The van der Waals surface area contributed by atoms with Gasteiger partial charge in [0.25, 0.3) is 0 Å². The van der Waals surface area contributed by atoms with Gasteiger partial charge in [0, 0.05) is 11.6 Å². The van der Waals surface area contributed by atoms with E-state index in [0.29, 0.717) is 17.7 Å². The number of hydrogen-bond acceptors (Lipinski definition) is 4. The third-order valence-electron chi connectivity index (χ3n) is 2.41. The van der Waals surface area contributed by atoms with E-state index in [1.807, 2.05) is 6.92 Å². The van der Waals surface area contributed by atoms with Crippen molar-refractivity contribution >= 4 is 0 Å². The van der Waals surface area contributed by atoms with Crippen LogP contribution < -0.4 is 10.5 Å². The molecule has 0 bridgehead atoms. The van der Waals surface area contributed by atoms with Crippen molar-refractivity contribution < 1.29 is 14.9 Å². The van der Waals surface area contributed by atoms with Gasteiger partial charge in [-0.05, 0) is 18.6 Å². The Balaban J connectivity index is 3.02. The zero-order valence-electron chi connectivity index (χ0n) is 8.97. The molecule has 0 unspecified atom stereocenters. The van der Waals surface area contributed by atoms with Gasteiger partial charge in [-0.15, -0.1) is 0 Å². The lowest BCUT2D eigenvalue weighted by molar-refractivity contribution is 0.139. The molecule has 0 saturated heterocycles. The number of nitrogens with two attached hydrogens (primary N) is 1. The van der Waals surface area contributed by atoms with E-state index < -0.39 is 12.1 Å². The standard InChI is InChI=1S/C11H17NO3/c1-3-9(14)11(12)8-5-4-7(13)6-10(8)15-2/h4-6,9,11,13-14H,3,12H2,1-2H3/t9-,11+/m1/s1. The van der Waals surface area contributed by atoms with Gasteiger partial charge in [0.1, 0.15) is 11.5 Å². The van der Waals surface area contributed by atoms with E-state index >= 15 is 0 Å². The molecule has 0 spiro atoms. The number of benzene rings is 1. The summed E-state index contributed by atoms with van der Waals surface area (Å²) in [5, 5.41) is 18.9. The predicted molar refractivity (Wildman–Crippen MR) is 57.9 cm³/mol. The zero-order valence-corrected chi connectivity index (χ0v) is 8.97. The number of phenols is 1. The average Bonchev–Trinajstić information content (AvgIpc) is 2.26. The molecule has 0 amide bonds. The molecule has 1 aromatic rings. The van der Waals surface area contributed by atoms with E-state index in [0.717, 1.165) is 0 Å². The zero-order chi connectivity index (χ0) is 11.4. The van der Waals surface area contributed by atoms with E-state index in [1.54, 1.807) is 6.07 Å². The van der Waals surface area contributed by atoms with Crippen molar-refractivity contribution in [3.05, 3.63) is 23.8 Å². The fraction of sp³-hybridized carbons (Fsp3) is 0.455. The van der Waals surface area contributed by atoms with E-state index in [-0.39, 0.29) is 5.75 Å². The van der Waals surface area contributed by atoms with Crippen molar-refractivity contribution in [2.24, 2.45) is 5.73 Å². The summed E-state index contributed by atoms with van der Waals surface area (Å²) in [6, 6.07) is 4.18. The van der Waals surface area contributed by atoms with Crippen LogP contribution in [0.5, 0.6) is 11.5 Å². The Morgan fingerprint density at radius 1 is 1.47 bits per heavy atom. The van der Waals surface area contributed by atoms with Crippen molar-refractivity contribution in [2.75, 3.05) is 7.11 Å². The van der Waals surface area contributed by atoms with Crippen LogP contribution in [0, 0.1) is 0 Å². The number of rotatable bonds is 4. The smallest absolute Gasteiger partial charge is 0.127 e. The van der Waals surface area contributed by atoms with Crippen LogP contribution in [-0.2, 0) is 0 Å². The number of aliphatic hydroxyl groups excluding tert-OH is 1. The molecule has 4 heteroatoms. The largest absolute Gasteiger partial charge is 0.508 e. The van der Waals surface area contributed by atoms with Crippen LogP contribution in [0.2, 0.25) is 0 Å². The Labute approximate surface area is 89.3 Å². The Hall–Kier alpha value is -1.26. The fourth-order valence-electron chi connectivity index (χ4n) is 1.44. The van der Waals surface area contributed by atoms with Crippen LogP contribution in [0.25, 0.3) is 0 Å². The molecule has 0 radical (unpaired) electrons. The molecule has 0 saturated carbocycles. The van der Waals surface area contributed by atoms with Gasteiger partial charge >= 0.3 is 0 Å². The summed E-state index contributed by atoms with van der Waals surface area (Å²) in [4.78, 5) is 0. The minimum atomic E-state index is -0.608. The van der Waals surface area contributed by atoms with Gasteiger partial charge in [0.05, 0.1) is 19.3 Å². The summed E-state index contributed by atoms with van der Waals surface area (Å²) < 4.78 is 5.09. The van der Waals surface area contributed by atoms with E-state index in [1.165, 1.54) is 19.2 Å². The van der Waals surface area contributed by atoms with Crippen LogP contribution in [0.1, 0.15) is 24.9 Å². The first-order valence-corrected chi connectivity index (χ1v) is 4.90. The fourth-order valence-corrected chi connectivity index (χ4v) is 1.44. The first-order valence-electron chi connectivity index (χ1n) is 4.90. The van der Waals surface area contributed by atoms with Crippen molar-refractivity contribution in [3.63, 3.8) is 0 Å². The highest BCUT2D eigenvalue weighted by Gasteiger charge is 2.18. The highest BCUT2D eigenvalue weighted by atomic mass is 16.5. The minimum absolute atomic E-state index is 0.119. The van der Waals surface area contributed by atoms with Crippen molar-refractivity contribution in [1.82, 2.24) is 0 Å². The van der Waals surface area contributed by atoms with Crippen LogP contribution in [0.4, 0.5) is 0 Å². The molecule has 0 aliphatic heterocycles. The Morgan fingerprint density at radius 3 is 2.67 bits per heavy atom. The highest BCUT2D eigenvalue weighted by Crippen LogP contribution is 2.29. The average molecular weight is 211 g/mol. The topological polar surface area (TPSA) is 75.7 Å². The number of ether oxygens (including phenoxy) is 1. The van der Waals surface area contributed by atoms with Gasteiger partial charge < -0.3 is 20.7 Å². The number of hydrogen-bond donors (Lipinski definition) is 3. The molecule has 0 aliphatic carbocycles. The molecule has 1 rings (SSSR count). The van der Waals surface area contributed by atoms with Crippen molar-refractivity contribution in [1.29, 1.82) is 0 Å². The maximum absolute atomic E-state index is 9.63. The third kappa shape index (κ3) is 2.61. The Morgan fingerprint density at radius 2 is 2.13 bits per heavy atom. The Bertz CT molecular complexity index is 328. The van der Waals surface area contributed by atoms with E-state index in [4.69, 9.17) is 10.5 Å². The second-order valence-corrected chi connectivity index (χ2v) is 3.43. The lowest BCUT2D eigenvalue weighted by atomic mass is 9.99. The lowest BCUT2D eigenvalue weighted by Crippen LogP contribution is -2.25. The molecule has 15 heavy (non-hydrogen) atoms. The summed E-state index contributed by atoms with van der Waals surface area (Å²) in [6.07, 6.45) is -0.0333.